The molecule has 1 saturated heterocycles. The first-order valence-electron chi connectivity index (χ1n) is 6.16. The number of rotatable bonds is 7. The van der Waals surface area contributed by atoms with Crippen LogP contribution in [0.15, 0.2) is 0 Å². The van der Waals surface area contributed by atoms with E-state index in [4.69, 9.17) is 18.0 Å². The van der Waals surface area contributed by atoms with E-state index in [2.05, 4.69) is 7.05 Å². The van der Waals surface area contributed by atoms with Gasteiger partial charge >= 0.3 is 8.80 Å². The number of likely N-dealkylation sites (N-methyl/N-ethyl adjacent to an activating group) is 1. The van der Waals surface area contributed by atoms with Crippen LogP contribution in [0.25, 0.3) is 0 Å². The third-order valence-corrected chi connectivity index (χ3v) is 6.50. The van der Waals surface area contributed by atoms with E-state index in [1.807, 2.05) is 0 Å². The number of hydrogen-bond acceptors (Lipinski definition) is 4. The number of hydrogen-bond donors (Lipinski definition) is 0. The molecule has 0 bridgehead atoms. The van der Waals surface area contributed by atoms with E-state index >= 15 is 0 Å². The molecular weight excluding hydrogens is 274 g/mol. The molecule has 0 amide bonds. The Labute approximate surface area is 118 Å². The summed E-state index contributed by atoms with van der Waals surface area (Å²) in [6, 6.07) is 0.880. The molecule has 0 unspecified atom stereocenters. The maximum Gasteiger partial charge on any atom is 0.500 e. The molecule has 0 radical (unpaired) electrons. The molecule has 0 aliphatic carbocycles. The molecule has 0 saturated carbocycles. The average molecular weight is 300 g/mol. The van der Waals surface area contributed by atoms with E-state index in [0.717, 1.165) is 49.8 Å². The Morgan fingerprint density at radius 2 is 1.56 bits per heavy atom. The molecule has 1 aliphatic heterocycles. The van der Waals surface area contributed by atoms with Crippen LogP contribution < -0.4 is 12.4 Å². The highest BCUT2D eigenvalue weighted by molar-refractivity contribution is 6.60. The highest BCUT2D eigenvalue weighted by Crippen LogP contribution is 2.17. The van der Waals surface area contributed by atoms with Crippen LogP contribution in [0.4, 0.5) is 0 Å². The van der Waals surface area contributed by atoms with Gasteiger partial charge in [-0.2, -0.15) is 0 Å². The van der Waals surface area contributed by atoms with Gasteiger partial charge in [-0.25, -0.2) is 0 Å². The van der Waals surface area contributed by atoms with E-state index in [1.165, 1.54) is 0 Å². The quantitative estimate of drug-likeness (QED) is 0.393. The zero-order valence-electron chi connectivity index (χ0n) is 11.9. The fraction of sp³-hybridized carbons (Fsp3) is 1.00. The smallest absolute Gasteiger partial charge is 0.500 e. The van der Waals surface area contributed by atoms with Crippen LogP contribution >= 0.6 is 0 Å². The minimum Gasteiger partial charge on any atom is -1.00 e. The third kappa shape index (κ3) is 5.12. The number of quaternary nitrogens is 1. The summed E-state index contributed by atoms with van der Waals surface area (Å²) in [7, 11) is 4.93. The molecule has 0 aromatic rings. The highest BCUT2D eigenvalue weighted by atomic mass is 35.5. The lowest BCUT2D eigenvalue weighted by atomic mass is 10.3. The van der Waals surface area contributed by atoms with Crippen molar-refractivity contribution in [2.24, 2.45) is 0 Å². The third-order valence-electron chi connectivity index (χ3n) is 3.66. The Hall–Kier alpha value is 0.307. The van der Waals surface area contributed by atoms with Crippen LogP contribution in [-0.2, 0) is 18.0 Å². The zero-order chi connectivity index (χ0) is 12.8. The minimum absolute atomic E-state index is 0. The van der Waals surface area contributed by atoms with E-state index in [-0.39, 0.29) is 12.4 Å². The van der Waals surface area contributed by atoms with Crippen LogP contribution in [0, 0.1) is 0 Å². The molecule has 0 aromatic heterocycles. The molecule has 0 aromatic carbocycles. The fourth-order valence-corrected chi connectivity index (χ4v) is 3.94. The largest absolute Gasteiger partial charge is 1.00 e. The topological polar surface area (TPSA) is 36.9 Å². The SMILES string of the molecule is CO[Si](CCC[N+]1(C)CCOCC1)(OC)OC.[Cl-]. The summed E-state index contributed by atoms with van der Waals surface area (Å²) >= 11 is 0. The number of morpholine rings is 1. The van der Waals surface area contributed by atoms with Crippen molar-refractivity contribution in [3.05, 3.63) is 0 Å². The summed E-state index contributed by atoms with van der Waals surface area (Å²) < 4.78 is 22.7. The lowest BCUT2D eigenvalue weighted by Gasteiger charge is -2.38. The van der Waals surface area contributed by atoms with Gasteiger partial charge in [0.1, 0.15) is 13.1 Å². The maximum atomic E-state index is 5.42. The Morgan fingerprint density at radius 3 is 2.00 bits per heavy atom. The average Bonchev–Trinajstić information content (AvgIpc) is 2.36. The second-order valence-corrected chi connectivity index (χ2v) is 7.89. The molecule has 18 heavy (non-hydrogen) atoms. The van der Waals surface area contributed by atoms with E-state index < -0.39 is 8.80 Å². The van der Waals surface area contributed by atoms with Crippen molar-refractivity contribution >= 4 is 8.80 Å². The van der Waals surface area contributed by atoms with Crippen molar-refractivity contribution in [3.63, 3.8) is 0 Å². The Balaban J connectivity index is 0.00000289. The van der Waals surface area contributed by atoms with Gasteiger partial charge in [0.15, 0.2) is 0 Å². The molecule has 1 heterocycles. The summed E-state index contributed by atoms with van der Waals surface area (Å²) in [6.45, 7) is 5.08. The zero-order valence-corrected chi connectivity index (χ0v) is 13.7. The Kier molecular flexibility index (Phi) is 8.62. The maximum absolute atomic E-state index is 5.42. The second-order valence-electron chi connectivity index (χ2n) is 4.80. The Bertz CT molecular complexity index is 215. The van der Waals surface area contributed by atoms with Crippen molar-refractivity contribution < 1.29 is 34.9 Å². The lowest BCUT2D eigenvalue weighted by molar-refractivity contribution is -0.916. The first-order valence-corrected chi connectivity index (χ1v) is 8.10. The second kappa shape index (κ2) is 8.47. The normalized spacial score (nSPS) is 19.3. The standard InChI is InChI=1S/C11H26NO4Si.ClH/c1-12(7-9-16-10-8-12)6-5-11-17(13-2,14-3)15-4;/h5-11H2,1-4H3;1H/q+1;/p-1. The summed E-state index contributed by atoms with van der Waals surface area (Å²) in [4.78, 5) is 0. The molecule has 0 spiro atoms. The minimum atomic E-state index is -2.38. The van der Waals surface area contributed by atoms with Crippen LogP contribution in [0.1, 0.15) is 6.42 Å². The van der Waals surface area contributed by atoms with Gasteiger partial charge in [-0.3, -0.25) is 0 Å². The van der Waals surface area contributed by atoms with Gasteiger partial charge in [0.25, 0.3) is 0 Å². The summed E-state index contributed by atoms with van der Waals surface area (Å²) in [6.07, 6.45) is 1.07. The molecule has 7 heteroatoms. The molecule has 0 atom stereocenters. The molecule has 5 nitrogen and oxygen atoms in total. The van der Waals surface area contributed by atoms with Crippen LogP contribution in [0.3, 0.4) is 0 Å². The van der Waals surface area contributed by atoms with Gasteiger partial charge in [-0.05, 0) is 0 Å². The van der Waals surface area contributed by atoms with E-state index in [9.17, 15) is 0 Å². The van der Waals surface area contributed by atoms with Crippen LogP contribution in [0.2, 0.25) is 6.04 Å². The van der Waals surface area contributed by atoms with Crippen molar-refractivity contribution in [3.8, 4) is 0 Å². The van der Waals surface area contributed by atoms with Crippen LogP contribution in [-0.4, -0.2) is 74.5 Å². The lowest BCUT2D eigenvalue weighted by Crippen LogP contribution is -3.00. The van der Waals surface area contributed by atoms with Gasteiger partial charge in [0.05, 0.1) is 26.8 Å². The summed E-state index contributed by atoms with van der Waals surface area (Å²) in [5, 5.41) is 0. The first kappa shape index (κ1) is 18.3. The highest BCUT2D eigenvalue weighted by Gasteiger charge is 2.38. The van der Waals surface area contributed by atoms with Crippen LogP contribution in [0.5, 0.6) is 0 Å². The predicted octanol–water partition coefficient (Wildman–Crippen LogP) is -2.26. The van der Waals surface area contributed by atoms with E-state index in [1.54, 1.807) is 21.3 Å². The van der Waals surface area contributed by atoms with Crippen molar-refractivity contribution in [1.82, 2.24) is 0 Å². The van der Waals surface area contributed by atoms with Crippen molar-refractivity contribution in [2.45, 2.75) is 12.5 Å². The summed E-state index contributed by atoms with van der Waals surface area (Å²) in [5.74, 6) is 0. The van der Waals surface area contributed by atoms with E-state index in [0.29, 0.717) is 0 Å². The number of nitrogens with zero attached hydrogens (tertiary/aromatic N) is 1. The molecule has 1 aliphatic rings. The van der Waals surface area contributed by atoms with Crippen molar-refractivity contribution in [2.75, 3.05) is 61.2 Å². The fourth-order valence-electron chi connectivity index (χ4n) is 2.24. The van der Waals surface area contributed by atoms with Crippen molar-refractivity contribution in [1.29, 1.82) is 0 Å². The predicted molar refractivity (Wildman–Crippen MR) is 67.8 cm³/mol. The number of ether oxygens (including phenoxy) is 1. The monoisotopic (exact) mass is 299 g/mol. The first-order chi connectivity index (χ1) is 8.10. The molecule has 1 rings (SSSR count). The van der Waals surface area contributed by atoms with Gasteiger partial charge in [0, 0.05) is 33.8 Å². The van der Waals surface area contributed by atoms with Gasteiger partial charge in [-0.15, -0.1) is 0 Å². The summed E-state index contributed by atoms with van der Waals surface area (Å²) in [5.41, 5.74) is 0. The van der Waals surface area contributed by atoms with Gasteiger partial charge in [-0.1, -0.05) is 0 Å². The van der Waals surface area contributed by atoms with Gasteiger partial charge in [0.2, 0.25) is 0 Å². The number of halogens is 1. The molecule has 110 valence electrons. The molecule has 1 fully saturated rings. The molecular formula is C11H26ClNO4Si. The van der Waals surface area contributed by atoms with Gasteiger partial charge < -0.3 is 34.9 Å². The Morgan fingerprint density at radius 1 is 1.06 bits per heavy atom. The molecule has 0 N–H and O–H groups in total.